The Bertz CT molecular complexity index is 814. The maximum atomic E-state index is 12.0. The van der Waals surface area contributed by atoms with Gasteiger partial charge in [-0.3, -0.25) is 4.79 Å². The van der Waals surface area contributed by atoms with Crippen LogP contribution in [0.3, 0.4) is 0 Å². The maximum absolute atomic E-state index is 12.0. The number of carbonyl (C=O) groups excluding carboxylic acids is 1. The highest BCUT2D eigenvalue weighted by Gasteiger charge is 2.23. The largest absolute Gasteiger partial charge is 0.489 e. The number of hydrogen-bond acceptors (Lipinski definition) is 5. The number of aryl methyl sites for hydroxylation is 1. The van der Waals surface area contributed by atoms with Crippen LogP contribution in [0.5, 0.6) is 5.75 Å². The zero-order valence-corrected chi connectivity index (χ0v) is 15.2. The van der Waals surface area contributed by atoms with Crippen LogP contribution in [0.2, 0.25) is 0 Å². The molecule has 2 N–H and O–H groups in total. The van der Waals surface area contributed by atoms with E-state index in [9.17, 15) is 9.90 Å². The molecule has 0 aromatic heterocycles. The lowest BCUT2D eigenvalue weighted by Gasteiger charge is -2.28. The van der Waals surface area contributed by atoms with Gasteiger partial charge >= 0.3 is 0 Å². The molecule has 0 radical (unpaired) electrons. The highest BCUT2D eigenvalue weighted by atomic mass is 16.5. The maximum Gasteiger partial charge on any atom is 0.244 e. The molecule has 0 spiro atoms. The topological polar surface area (TPSA) is 85.6 Å². The molecule has 0 aliphatic rings. The Morgan fingerprint density at radius 1 is 1.35 bits per heavy atom. The smallest absolute Gasteiger partial charge is 0.244 e. The molecule has 0 bridgehead atoms. The summed E-state index contributed by atoms with van der Waals surface area (Å²) in [7, 11) is 3.30. The van der Waals surface area contributed by atoms with E-state index < -0.39 is 6.04 Å². The average molecular weight is 353 g/mol. The molecule has 2 rings (SSSR count). The number of anilines is 1. The summed E-state index contributed by atoms with van der Waals surface area (Å²) in [5, 5.41) is 21.1. The van der Waals surface area contributed by atoms with E-state index in [1.807, 2.05) is 37.3 Å². The quantitative estimate of drug-likeness (QED) is 0.795. The highest BCUT2D eigenvalue weighted by molar-refractivity contribution is 5.85. The first-order chi connectivity index (χ1) is 12.5. The van der Waals surface area contributed by atoms with E-state index in [0.29, 0.717) is 17.9 Å². The number of carbonyl (C=O) groups is 1. The van der Waals surface area contributed by atoms with Crippen molar-refractivity contribution in [3.05, 3.63) is 59.2 Å². The lowest BCUT2D eigenvalue weighted by Crippen LogP contribution is -2.46. The Morgan fingerprint density at radius 2 is 2.12 bits per heavy atom. The lowest BCUT2D eigenvalue weighted by molar-refractivity contribution is -0.122. The Balaban J connectivity index is 2.18. The number of aliphatic hydroxyl groups is 1. The molecule has 0 aliphatic heterocycles. The zero-order chi connectivity index (χ0) is 19.1. The number of nitrogens with one attached hydrogen (secondary N) is 1. The number of ether oxygens (including phenoxy) is 1. The van der Waals surface area contributed by atoms with Crippen LogP contribution >= 0.6 is 0 Å². The minimum Gasteiger partial charge on any atom is -0.489 e. The fraction of sp³-hybridized carbons (Fsp3) is 0.300. The minimum atomic E-state index is -0.679. The Morgan fingerprint density at radius 3 is 2.77 bits per heavy atom. The van der Waals surface area contributed by atoms with Crippen LogP contribution in [0.4, 0.5) is 5.69 Å². The molecule has 0 heterocycles. The van der Waals surface area contributed by atoms with Crippen molar-refractivity contribution >= 4 is 11.6 Å². The van der Waals surface area contributed by atoms with Gasteiger partial charge in [-0.1, -0.05) is 18.2 Å². The van der Waals surface area contributed by atoms with Crippen molar-refractivity contribution in [3.8, 4) is 11.8 Å². The van der Waals surface area contributed by atoms with Gasteiger partial charge in [-0.2, -0.15) is 5.26 Å². The van der Waals surface area contributed by atoms with Gasteiger partial charge in [0, 0.05) is 25.8 Å². The Labute approximate surface area is 153 Å². The highest BCUT2D eigenvalue weighted by Crippen LogP contribution is 2.27. The third-order valence-electron chi connectivity index (χ3n) is 4.21. The van der Waals surface area contributed by atoms with Crippen molar-refractivity contribution in [1.29, 1.82) is 5.26 Å². The van der Waals surface area contributed by atoms with Crippen LogP contribution in [-0.4, -0.2) is 37.8 Å². The molecule has 0 aliphatic carbocycles. The minimum absolute atomic E-state index is 0.256. The third kappa shape index (κ3) is 4.52. The van der Waals surface area contributed by atoms with Crippen molar-refractivity contribution in [2.75, 3.05) is 25.6 Å². The second-order valence-corrected chi connectivity index (χ2v) is 5.97. The number of aliphatic hydroxyl groups excluding tert-OH is 1. The van der Waals surface area contributed by atoms with Crippen LogP contribution in [0, 0.1) is 18.3 Å². The molecule has 0 saturated carbocycles. The van der Waals surface area contributed by atoms with Gasteiger partial charge in [0.15, 0.2) is 0 Å². The first-order valence-electron chi connectivity index (χ1n) is 8.28. The van der Waals surface area contributed by atoms with Gasteiger partial charge in [0.1, 0.15) is 18.4 Å². The van der Waals surface area contributed by atoms with E-state index >= 15 is 0 Å². The van der Waals surface area contributed by atoms with E-state index in [0.717, 1.165) is 16.8 Å². The van der Waals surface area contributed by atoms with Crippen molar-refractivity contribution in [2.45, 2.75) is 19.6 Å². The number of hydrogen-bond donors (Lipinski definition) is 2. The molecule has 2 aromatic rings. The van der Waals surface area contributed by atoms with Crippen LogP contribution < -0.4 is 15.0 Å². The molecule has 0 saturated heterocycles. The molecule has 6 heteroatoms. The van der Waals surface area contributed by atoms with Gasteiger partial charge in [-0.15, -0.1) is 0 Å². The Hall–Kier alpha value is -3.04. The predicted octanol–water partition coefficient (Wildman–Crippen LogP) is 1.99. The van der Waals surface area contributed by atoms with E-state index in [-0.39, 0.29) is 12.5 Å². The first-order valence-corrected chi connectivity index (χ1v) is 8.28. The van der Waals surface area contributed by atoms with Crippen molar-refractivity contribution in [1.82, 2.24) is 5.32 Å². The predicted molar refractivity (Wildman–Crippen MR) is 100 cm³/mol. The molecule has 1 amide bonds. The van der Waals surface area contributed by atoms with Gasteiger partial charge in [-0.25, -0.2) is 0 Å². The number of nitrogens with zero attached hydrogens (tertiary/aromatic N) is 2. The van der Waals surface area contributed by atoms with Crippen LogP contribution in [0.15, 0.2) is 42.5 Å². The number of nitriles is 1. The summed E-state index contributed by atoms with van der Waals surface area (Å²) in [6.45, 7) is 1.98. The third-order valence-corrected chi connectivity index (χ3v) is 4.21. The van der Waals surface area contributed by atoms with Gasteiger partial charge in [0.2, 0.25) is 5.91 Å². The molecule has 136 valence electrons. The molecule has 1 unspecified atom stereocenters. The second kappa shape index (κ2) is 8.88. The van der Waals surface area contributed by atoms with Crippen molar-refractivity contribution in [3.63, 3.8) is 0 Å². The molecular formula is C20H23N3O3. The Kier molecular flexibility index (Phi) is 6.59. The lowest BCUT2D eigenvalue weighted by atomic mass is 10.1. The second-order valence-electron chi connectivity index (χ2n) is 5.97. The number of benzene rings is 2. The molecule has 6 nitrogen and oxygen atoms in total. The van der Waals surface area contributed by atoms with Gasteiger partial charge < -0.3 is 20.1 Å². The summed E-state index contributed by atoms with van der Waals surface area (Å²) >= 11 is 0. The number of amides is 1. The molecule has 0 fully saturated rings. The SMILES string of the molecule is CNC(=O)C(CO)N(C)c1cc(OCc2cccc(C#N)c2)ccc1C. The van der Waals surface area contributed by atoms with Crippen molar-refractivity contribution in [2.24, 2.45) is 0 Å². The van der Waals surface area contributed by atoms with E-state index in [4.69, 9.17) is 10.00 Å². The monoisotopic (exact) mass is 353 g/mol. The summed E-state index contributed by atoms with van der Waals surface area (Å²) < 4.78 is 5.84. The van der Waals surface area contributed by atoms with Gasteiger partial charge in [0.05, 0.1) is 18.2 Å². The summed E-state index contributed by atoms with van der Waals surface area (Å²) in [6.07, 6.45) is 0. The fourth-order valence-electron chi connectivity index (χ4n) is 2.67. The number of rotatable bonds is 7. The number of likely N-dealkylation sites (N-methyl/N-ethyl adjacent to an activating group) is 2. The molecule has 26 heavy (non-hydrogen) atoms. The fourth-order valence-corrected chi connectivity index (χ4v) is 2.67. The molecular weight excluding hydrogens is 330 g/mol. The van der Waals surface area contributed by atoms with E-state index in [1.54, 1.807) is 31.1 Å². The standard InChI is InChI=1S/C20H23N3O3/c1-14-7-8-17(26-13-16-6-4-5-15(9-16)11-21)10-18(14)23(3)19(12-24)20(25)22-2/h4-10,19,24H,12-13H2,1-3H3,(H,22,25). The molecule has 2 aromatic carbocycles. The van der Waals surface area contributed by atoms with Crippen LogP contribution in [-0.2, 0) is 11.4 Å². The van der Waals surface area contributed by atoms with Crippen LogP contribution in [0.1, 0.15) is 16.7 Å². The summed E-state index contributed by atoms with van der Waals surface area (Å²) in [5.41, 5.74) is 3.26. The van der Waals surface area contributed by atoms with Gasteiger partial charge in [0.25, 0.3) is 0 Å². The summed E-state index contributed by atoms with van der Waals surface area (Å²) in [5.74, 6) is 0.391. The van der Waals surface area contributed by atoms with Gasteiger partial charge in [-0.05, 0) is 36.2 Å². The normalized spacial score (nSPS) is 11.3. The zero-order valence-electron chi connectivity index (χ0n) is 15.2. The molecule has 1 atom stereocenters. The summed E-state index contributed by atoms with van der Waals surface area (Å²) in [6, 6.07) is 14.3. The van der Waals surface area contributed by atoms with Crippen molar-refractivity contribution < 1.29 is 14.6 Å². The van der Waals surface area contributed by atoms with E-state index in [1.165, 1.54) is 0 Å². The van der Waals surface area contributed by atoms with Crippen LogP contribution in [0.25, 0.3) is 0 Å². The summed E-state index contributed by atoms with van der Waals surface area (Å²) in [4.78, 5) is 13.7. The average Bonchev–Trinajstić information content (AvgIpc) is 2.67. The first kappa shape index (κ1) is 19.3. The van der Waals surface area contributed by atoms with E-state index in [2.05, 4.69) is 11.4 Å².